The zero-order valence-corrected chi connectivity index (χ0v) is 11.5. The van der Waals surface area contributed by atoms with Crippen LogP contribution in [-0.2, 0) is 25.2 Å². The number of rotatable bonds is 1. The van der Waals surface area contributed by atoms with E-state index in [0.29, 0.717) is 6.07 Å². The molecule has 1 fully saturated rings. The van der Waals surface area contributed by atoms with Crippen LogP contribution in [0, 0.1) is 5.82 Å². The first-order valence-corrected chi connectivity index (χ1v) is 6.05. The highest BCUT2D eigenvalue weighted by atomic mass is 19.4. The molecule has 0 atom stereocenters. The van der Waals surface area contributed by atoms with Gasteiger partial charge in [0.15, 0.2) is 0 Å². The normalized spacial score (nSPS) is 17.8. The fraction of sp³-hybridized carbons (Fsp3) is 0.286. The Kier molecular flexibility index (Phi) is 3.72. The first kappa shape index (κ1) is 16.0. The lowest BCUT2D eigenvalue weighted by molar-refractivity contribution is -0.222. The molecule has 22 heavy (non-hydrogen) atoms. The number of alkyl halides is 3. The van der Waals surface area contributed by atoms with Gasteiger partial charge >= 0.3 is 18.1 Å². The molecule has 1 aliphatic rings. The molecule has 1 aromatic carbocycles. The van der Waals surface area contributed by atoms with E-state index in [2.05, 4.69) is 0 Å². The van der Waals surface area contributed by atoms with E-state index < -0.39 is 40.9 Å². The molecule has 0 aliphatic carbocycles. The zero-order chi connectivity index (χ0) is 16.7. The maximum atomic E-state index is 13.7. The summed E-state index contributed by atoms with van der Waals surface area (Å²) in [6.07, 6.45) is -3.91. The summed E-state index contributed by atoms with van der Waals surface area (Å²) in [5, 5.41) is 0. The van der Waals surface area contributed by atoms with Crippen molar-refractivity contribution in [3.8, 4) is 0 Å². The second-order valence-electron chi connectivity index (χ2n) is 4.97. The number of esters is 2. The van der Waals surface area contributed by atoms with E-state index in [1.807, 2.05) is 0 Å². The van der Waals surface area contributed by atoms with E-state index in [0.717, 1.165) is 12.1 Å². The molecule has 0 N–H and O–H groups in total. The Bertz CT molecular complexity index is 652. The van der Waals surface area contributed by atoms with E-state index in [-0.39, 0.29) is 11.6 Å². The molecular formula is C14H10F4O4. The Morgan fingerprint density at radius 2 is 1.64 bits per heavy atom. The van der Waals surface area contributed by atoms with Crippen LogP contribution in [0.4, 0.5) is 17.6 Å². The second-order valence-corrected chi connectivity index (χ2v) is 4.97. The zero-order valence-electron chi connectivity index (χ0n) is 11.5. The fourth-order valence-electron chi connectivity index (χ4n) is 1.75. The quantitative estimate of drug-likeness (QED) is 0.346. The monoisotopic (exact) mass is 318 g/mol. The van der Waals surface area contributed by atoms with Crippen LogP contribution in [0.1, 0.15) is 25.0 Å². The van der Waals surface area contributed by atoms with E-state index in [9.17, 15) is 27.2 Å². The number of carbonyl (C=O) groups is 2. The number of ether oxygens (including phenoxy) is 2. The summed E-state index contributed by atoms with van der Waals surface area (Å²) in [5.74, 6) is -4.77. The Hall–Kier alpha value is -2.38. The molecule has 0 bridgehead atoms. The summed E-state index contributed by atoms with van der Waals surface area (Å²) in [6, 6.07) is 1.72. The van der Waals surface area contributed by atoms with Crippen LogP contribution < -0.4 is 0 Å². The molecule has 118 valence electrons. The van der Waals surface area contributed by atoms with Crippen LogP contribution in [0.5, 0.6) is 0 Å². The maximum absolute atomic E-state index is 13.7. The minimum absolute atomic E-state index is 0.274. The lowest BCUT2D eigenvalue weighted by Gasteiger charge is -2.29. The van der Waals surface area contributed by atoms with Gasteiger partial charge in [0, 0.05) is 19.4 Å². The van der Waals surface area contributed by atoms with Gasteiger partial charge in [0.25, 0.3) is 5.79 Å². The third-order valence-electron chi connectivity index (χ3n) is 2.74. The van der Waals surface area contributed by atoms with Crippen molar-refractivity contribution >= 4 is 18.0 Å². The predicted octanol–water partition coefficient (Wildman–Crippen LogP) is 3.06. The lowest BCUT2D eigenvalue weighted by atomic mass is 10.1. The van der Waals surface area contributed by atoms with Crippen LogP contribution >= 0.6 is 0 Å². The highest BCUT2D eigenvalue weighted by Gasteiger charge is 2.39. The standard InChI is InChI=1S/C14H10F4O4/c1-13(2)21-11(19)9(12(20)22-13)5-7-3-4-8(6-10(7)15)14(16,17)18/h3-6H,1-2H3. The lowest BCUT2D eigenvalue weighted by Crippen LogP contribution is -2.41. The third-order valence-corrected chi connectivity index (χ3v) is 2.74. The van der Waals surface area contributed by atoms with Gasteiger partial charge in [-0.1, -0.05) is 6.07 Å². The van der Waals surface area contributed by atoms with Gasteiger partial charge in [-0.05, 0) is 18.2 Å². The van der Waals surface area contributed by atoms with Gasteiger partial charge < -0.3 is 9.47 Å². The summed E-state index contributed by atoms with van der Waals surface area (Å²) >= 11 is 0. The van der Waals surface area contributed by atoms with Crippen molar-refractivity contribution < 1.29 is 36.6 Å². The summed E-state index contributed by atoms with van der Waals surface area (Å²) < 4.78 is 60.6. The van der Waals surface area contributed by atoms with Gasteiger partial charge in [-0.3, -0.25) is 0 Å². The van der Waals surface area contributed by atoms with Crippen molar-refractivity contribution in [2.75, 3.05) is 0 Å². The summed E-state index contributed by atoms with van der Waals surface area (Å²) in [6.45, 7) is 2.66. The molecule has 0 aromatic heterocycles. The maximum Gasteiger partial charge on any atom is 0.416 e. The highest BCUT2D eigenvalue weighted by molar-refractivity contribution is 6.18. The molecule has 0 radical (unpaired) electrons. The van der Waals surface area contributed by atoms with Gasteiger partial charge in [0.1, 0.15) is 11.4 Å². The van der Waals surface area contributed by atoms with Gasteiger partial charge in [-0.15, -0.1) is 0 Å². The van der Waals surface area contributed by atoms with Crippen molar-refractivity contribution in [2.45, 2.75) is 25.8 Å². The van der Waals surface area contributed by atoms with Crippen LogP contribution in [0.15, 0.2) is 23.8 Å². The first-order chi connectivity index (χ1) is 9.99. The Balaban J connectivity index is 2.38. The SMILES string of the molecule is CC1(C)OC(=O)C(=Cc2ccc(C(F)(F)F)cc2F)C(=O)O1. The smallest absolute Gasteiger partial charge is 0.416 e. The van der Waals surface area contributed by atoms with Crippen LogP contribution in [0.3, 0.4) is 0 Å². The number of cyclic esters (lactones) is 2. The van der Waals surface area contributed by atoms with Crippen molar-refractivity contribution in [1.82, 2.24) is 0 Å². The van der Waals surface area contributed by atoms with E-state index >= 15 is 0 Å². The fourth-order valence-corrected chi connectivity index (χ4v) is 1.75. The number of hydrogen-bond acceptors (Lipinski definition) is 4. The summed E-state index contributed by atoms with van der Waals surface area (Å²) in [5.41, 5.74) is -2.14. The minimum Gasteiger partial charge on any atom is -0.419 e. The van der Waals surface area contributed by atoms with Crippen molar-refractivity contribution in [1.29, 1.82) is 0 Å². The topological polar surface area (TPSA) is 52.6 Å². The van der Waals surface area contributed by atoms with Crippen molar-refractivity contribution in [3.05, 3.63) is 40.7 Å². The Morgan fingerprint density at radius 1 is 1.09 bits per heavy atom. The highest BCUT2D eigenvalue weighted by Crippen LogP contribution is 2.31. The Morgan fingerprint density at radius 3 is 2.09 bits per heavy atom. The van der Waals surface area contributed by atoms with Gasteiger partial charge in [-0.2, -0.15) is 13.2 Å². The second kappa shape index (κ2) is 5.11. The predicted molar refractivity (Wildman–Crippen MR) is 65.6 cm³/mol. The van der Waals surface area contributed by atoms with Crippen LogP contribution in [0.2, 0.25) is 0 Å². The summed E-state index contributed by atoms with van der Waals surface area (Å²) in [4.78, 5) is 23.3. The molecule has 1 saturated heterocycles. The van der Waals surface area contributed by atoms with Crippen LogP contribution in [0.25, 0.3) is 6.08 Å². The molecule has 1 heterocycles. The molecule has 1 aromatic rings. The molecule has 0 spiro atoms. The molecule has 0 saturated carbocycles. The molecule has 4 nitrogen and oxygen atoms in total. The molecular weight excluding hydrogens is 308 g/mol. The van der Waals surface area contributed by atoms with Gasteiger partial charge in [0.05, 0.1) is 5.56 Å². The molecule has 2 rings (SSSR count). The number of hydrogen-bond donors (Lipinski definition) is 0. The molecule has 1 aliphatic heterocycles. The summed E-state index contributed by atoms with van der Waals surface area (Å²) in [7, 11) is 0. The van der Waals surface area contributed by atoms with E-state index in [4.69, 9.17) is 9.47 Å². The minimum atomic E-state index is -4.70. The molecule has 8 heteroatoms. The number of benzene rings is 1. The molecule has 0 amide bonds. The largest absolute Gasteiger partial charge is 0.419 e. The average molecular weight is 318 g/mol. The Labute approximate surface area is 122 Å². The molecule has 0 unspecified atom stereocenters. The van der Waals surface area contributed by atoms with Crippen LogP contribution in [-0.4, -0.2) is 17.7 Å². The van der Waals surface area contributed by atoms with Gasteiger partial charge in [-0.25, -0.2) is 14.0 Å². The number of carbonyl (C=O) groups excluding carboxylic acids is 2. The van der Waals surface area contributed by atoms with Crippen molar-refractivity contribution in [3.63, 3.8) is 0 Å². The van der Waals surface area contributed by atoms with E-state index in [1.165, 1.54) is 13.8 Å². The average Bonchev–Trinajstić information content (AvgIpc) is 2.32. The van der Waals surface area contributed by atoms with E-state index in [1.54, 1.807) is 0 Å². The van der Waals surface area contributed by atoms with Crippen molar-refractivity contribution in [2.24, 2.45) is 0 Å². The third kappa shape index (κ3) is 3.26. The number of halogens is 4. The first-order valence-electron chi connectivity index (χ1n) is 6.05. The van der Waals surface area contributed by atoms with Gasteiger partial charge in [0.2, 0.25) is 0 Å².